The minimum atomic E-state index is -2.37. The smallest absolute Gasteiger partial charge is 0.372 e. The van der Waals surface area contributed by atoms with Crippen LogP contribution in [0.4, 0.5) is 0 Å². The van der Waals surface area contributed by atoms with Crippen LogP contribution in [-0.2, 0) is 8.85 Å². The predicted octanol–water partition coefficient (Wildman–Crippen LogP) is 3.51. The van der Waals surface area contributed by atoms with Crippen molar-refractivity contribution in [1.29, 1.82) is 0 Å². The molecule has 0 atom stereocenters. The zero-order chi connectivity index (χ0) is 14.3. The van der Waals surface area contributed by atoms with E-state index in [1.807, 2.05) is 6.07 Å². The molecule has 0 spiro atoms. The molecule has 0 saturated heterocycles. The van der Waals surface area contributed by atoms with Gasteiger partial charge in [-0.2, -0.15) is 12.6 Å². The molecule has 0 aliphatic rings. The fourth-order valence-corrected chi connectivity index (χ4v) is 6.36. The molecule has 0 radical (unpaired) electrons. The van der Waals surface area contributed by atoms with Gasteiger partial charge in [0.05, 0.1) is 0 Å². The molecule has 0 amide bonds. The van der Waals surface area contributed by atoms with Crippen LogP contribution < -0.4 is 5.19 Å². The predicted molar refractivity (Wildman–Crippen MR) is 87.5 cm³/mol. The van der Waals surface area contributed by atoms with Crippen molar-refractivity contribution < 1.29 is 8.85 Å². The fourth-order valence-electron chi connectivity index (χ4n) is 2.19. The molecular formula is C15H26O2SSi. The van der Waals surface area contributed by atoms with Crippen molar-refractivity contribution in [3.05, 3.63) is 30.3 Å². The zero-order valence-electron chi connectivity index (χ0n) is 12.4. The number of hydrogen-bond acceptors (Lipinski definition) is 3. The molecule has 0 fully saturated rings. The second kappa shape index (κ2) is 8.10. The van der Waals surface area contributed by atoms with Gasteiger partial charge in [-0.3, -0.25) is 0 Å². The van der Waals surface area contributed by atoms with E-state index in [0.29, 0.717) is 0 Å². The quantitative estimate of drug-likeness (QED) is 0.585. The highest BCUT2D eigenvalue weighted by Gasteiger charge is 2.41. The van der Waals surface area contributed by atoms with E-state index in [9.17, 15) is 0 Å². The van der Waals surface area contributed by atoms with Crippen molar-refractivity contribution >= 4 is 26.4 Å². The molecule has 108 valence electrons. The summed E-state index contributed by atoms with van der Waals surface area (Å²) in [6, 6.07) is 11.4. The van der Waals surface area contributed by atoms with Gasteiger partial charge in [-0.1, -0.05) is 30.3 Å². The van der Waals surface area contributed by atoms with Gasteiger partial charge in [-0.25, -0.2) is 0 Å². The zero-order valence-corrected chi connectivity index (χ0v) is 14.3. The fraction of sp³-hybridized carbons (Fsp3) is 0.600. The van der Waals surface area contributed by atoms with Crippen molar-refractivity contribution in [3.63, 3.8) is 0 Å². The van der Waals surface area contributed by atoms with Crippen LogP contribution in [0.3, 0.4) is 0 Å². The van der Waals surface area contributed by atoms with Gasteiger partial charge >= 0.3 is 8.56 Å². The monoisotopic (exact) mass is 298 g/mol. The lowest BCUT2D eigenvalue weighted by Gasteiger charge is -2.34. The lowest BCUT2D eigenvalue weighted by atomic mass is 10.4. The third-order valence-electron chi connectivity index (χ3n) is 2.73. The van der Waals surface area contributed by atoms with Crippen molar-refractivity contribution in [1.82, 2.24) is 0 Å². The lowest BCUT2D eigenvalue weighted by molar-refractivity contribution is 0.115. The van der Waals surface area contributed by atoms with E-state index < -0.39 is 8.56 Å². The average Bonchev–Trinajstić information content (AvgIpc) is 2.35. The van der Waals surface area contributed by atoms with Gasteiger partial charge in [-0.05, 0) is 51.1 Å². The second-order valence-electron chi connectivity index (χ2n) is 5.28. The maximum absolute atomic E-state index is 6.32. The molecule has 0 bridgehead atoms. The summed E-state index contributed by atoms with van der Waals surface area (Å²) in [7, 11) is -2.37. The molecule has 0 aliphatic heterocycles. The van der Waals surface area contributed by atoms with Crippen LogP contribution in [0, 0.1) is 0 Å². The molecule has 19 heavy (non-hydrogen) atoms. The lowest BCUT2D eigenvalue weighted by Crippen LogP contribution is -2.56. The minimum absolute atomic E-state index is 0.172. The molecule has 0 saturated carbocycles. The van der Waals surface area contributed by atoms with Crippen LogP contribution in [0.2, 0.25) is 6.04 Å². The van der Waals surface area contributed by atoms with E-state index in [2.05, 4.69) is 64.6 Å². The average molecular weight is 299 g/mol. The molecule has 4 heteroatoms. The SMILES string of the molecule is CC(C)O[Si](CCCS)(OC(C)C)c1ccccc1. The van der Waals surface area contributed by atoms with E-state index >= 15 is 0 Å². The Labute approximate surface area is 124 Å². The van der Waals surface area contributed by atoms with Gasteiger partial charge in [0.1, 0.15) is 0 Å². The number of hydrogen-bond donors (Lipinski definition) is 1. The van der Waals surface area contributed by atoms with Crippen LogP contribution >= 0.6 is 12.6 Å². The van der Waals surface area contributed by atoms with Gasteiger partial charge in [0, 0.05) is 12.2 Å². The maximum atomic E-state index is 6.32. The third kappa shape index (κ3) is 5.30. The number of rotatable bonds is 8. The van der Waals surface area contributed by atoms with Crippen LogP contribution in [-0.4, -0.2) is 26.5 Å². The van der Waals surface area contributed by atoms with Crippen molar-refractivity contribution in [2.75, 3.05) is 5.75 Å². The second-order valence-corrected chi connectivity index (χ2v) is 8.78. The van der Waals surface area contributed by atoms with E-state index in [1.165, 1.54) is 5.19 Å². The molecule has 2 nitrogen and oxygen atoms in total. The Balaban J connectivity index is 3.09. The summed E-state index contributed by atoms with van der Waals surface area (Å²) in [5.41, 5.74) is 0. The Bertz CT molecular complexity index is 344. The highest BCUT2D eigenvalue weighted by Crippen LogP contribution is 2.21. The van der Waals surface area contributed by atoms with Gasteiger partial charge in [0.25, 0.3) is 0 Å². The highest BCUT2D eigenvalue weighted by molar-refractivity contribution is 7.80. The molecule has 1 aromatic carbocycles. The summed E-state index contributed by atoms with van der Waals surface area (Å²) in [4.78, 5) is 0. The van der Waals surface area contributed by atoms with E-state index in [-0.39, 0.29) is 12.2 Å². The Kier molecular flexibility index (Phi) is 7.14. The van der Waals surface area contributed by atoms with E-state index in [0.717, 1.165) is 18.2 Å². The van der Waals surface area contributed by atoms with Crippen molar-refractivity contribution in [2.24, 2.45) is 0 Å². The Morgan fingerprint density at radius 2 is 1.53 bits per heavy atom. The number of benzene rings is 1. The van der Waals surface area contributed by atoms with Gasteiger partial charge in [-0.15, -0.1) is 0 Å². The summed E-state index contributed by atoms with van der Waals surface area (Å²) in [5.74, 6) is 0.866. The van der Waals surface area contributed by atoms with Gasteiger partial charge in [0.15, 0.2) is 0 Å². The first-order valence-corrected chi connectivity index (χ1v) is 9.68. The Hall–Kier alpha value is -0.293. The highest BCUT2D eigenvalue weighted by atomic mass is 32.1. The summed E-state index contributed by atoms with van der Waals surface area (Å²) in [6.07, 6.45) is 1.36. The van der Waals surface area contributed by atoms with Crippen LogP contribution in [0.1, 0.15) is 34.1 Å². The molecule has 1 aromatic rings. The van der Waals surface area contributed by atoms with Crippen LogP contribution in [0.25, 0.3) is 0 Å². The van der Waals surface area contributed by atoms with Gasteiger partial charge < -0.3 is 8.85 Å². The van der Waals surface area contributed by atoms with Crippen molar-refractivity contribution in [2.45, 2.75) is 52.4 Å². The summed E-state index contributed by atoms with van der Waals surface area (Å²) >= 11 is 4.34. The third-order valence-corrected chi connectivity index (χ3v) is 6.98. The minimum Gasteiger partial charge on any atom is -0.388 e. The largest absolute Gasteiger partial charge is 0.388 e. The molecule has 1 rings (SSSR count). The Morgan fingerprint density at radius 1 is 1.00 bits per heavy atom. The summed E-state index contributed by atoms with van der Waals surface area (Å²) in [5, 5.41) is 1.22. The van der Waals surface area contributed by atoms with Crippen LogP contribution in [0.15, 0.2) is 30.3 Å². The molecular weight excluding hydrogens is 272 g/mol. The van der Waals surface area contributed by atoms with Crippen molar-refractivity contribution in [3.8, 4) is 0 Å². The molecule has 0 aliphatic carbocycles. The van der Waals surface area contributed by atoms with Crippen LogP contribution in [0.5, 0.6) is 0 Å². The van der Waals surface area contributed by atoms with E-state index in [4.69, 9.17) is 8.85 Å². The number of thiol groups is 1. The molecule has 0 N–H and O–H groups in total. The Morgan fingerprint density at radius 3 is 1.95 bits per heavy atom. The van der Waals surface area contributed by atoms with E-state index in [1.54, 1.807) is 0 Å². The summed E-state index contributed by atoms with van der Waals surface area (Å²) < 4.78 is 12.6. The molecule has 0 heterocycles. The maximum Gasteiger partial charge on any atom is 0.372 e. The van der Waals surface area contributed by atoms with Gasteiger partial charge in [0.2, 0.25) is 0 Å². The molecule has 0 aromatic heterocycles. The first-order valence-electron chi connectivity index (χ1n) is 7.02. The first-order chi connectivity index (χ1) is 9.00. The first kappa shape index (κ1) is 16.8. The summed E-state index contributed by atoms with van der Waals surface area (Å²) in [6.45, 7) is 8.31. The topological polar surface area (TPSA) is 18.5 Å². The standard InChI is InChI=1S/C15H26O2SSi/c1-13(2)16-19(12-8-11-18,17-14(3)4)15-9-6-5-7-10-15/h5-7,9-10,13-14,18H,8,11-12H2,1-4H3. The normalized spacial score (nSPS) is 12.4. The molecule has 0 unspecified atom stereocenters.